The minimum Gasteiger partial charge on any atom is -0.419 e. The molecule has 0 radical (unpaired) electrons. The fourth-order valence-electron chi connectivity index (χ4n) is 2.63. The fourth-order valence-corrected chi connectivity index (χ4v) is 3.37. The monoisotopic (exact) mass is 350 g/mol. The first-order valence-electron chi connectivity index (χ1n) is 7.55. The predicted octanol–water partition coefficient (Wildman–Crippen LogP) is 1.47. The number of hydrogen-bond donors (Lipinski definition) is 1. The highest BCUT2D eigenvalue weighted by molar-refractivity contribution is 7.88. The van der Waals surface area contributed by atoms with Crippen molar-refractivity contribution in [1.82, 2.24) is 14.9 Å². The lowest BCUT2D eigenvalue weighted by atomic mass is 10.2. The second-order valence-corrected chi connectivity index (χ2v) is 7.54. The molecule has 9 heteroatoms. The fraction of sp³-hybridized carbons (Fsp3) is 0.400. The molecule has 1 aliphatic heterocycles. The second kappa shape index (κ2) is 6.33. The summed E-state index contributed by atoms with van der Waals surface area (Å²) in [6.07, 6.45) is 2.48. The molecule has 1 aromatic carbocycles. The Kier molecular flexibility index (Phi) is 4.37. The van der Waals surface area contributed by atoms with Crippen LogP contribution in [0.5, 0.6) is 0 Å². The van der Waals surface area contributed by atoms with Crippen molar-refractivity contribution in [1.29, 1.82) is 0 Å². The number of nitrogens with zero attached hydrogens (tertiary/aromatic N) is 3. The lowest BCUT2D eigenvalue weighted by molar-refractivity contribution is -0.117. The van der Waals surface area contributed by atoms with Gasteiger partial charge in [-0.05, 0) is 31.5 Å². The van der Waals surface area contributed by atoms with Gasteiger partial charge in [0, 0.05) is 24.2 Å². The van der Waals surface area contributed by atoms with Crippen LogP contribution in [0.4, 0.5) is 5.69 Å². The van der Waals surface area contributed by atoms with Crippen LogP contribution >= 0.6 is 0 Å². The zero-order valence-electron chi connectivity index (χ0n) is 13.4. The number of hydrogen-bond acceptors (Lipinski definition) is 6. The van der Waals surface area contributed by atoms with Crippen LogP contribution in [0.25, 0.3) is 11.5 Å². The molecule has 3 rings (SSSR count). The molecule has 1 aromatic heterocycles. The highest BCUT2D eigenvalue weighted by atomic mass is 32.2. The minimum absolute atomic E-state index is 0.101. The second-order valence-electron chi connectivity index (χ2n) is 5.76. The van der Waals surface area contributed by atoms with Gasteiger partial charge in [-0.3, -0.25) is 4.79 Å². The van der Waals surface area contributed by atoms with Crippen molar-refractivity contribution in [3.05, 3.63) is 30.2 Å². The summed E-state index contributed by atoms with van der Waals surface area (Å²) >= 11 is 0. The summed E-state index contributed by atoms with van der Waals surface area (Å²) in [6, 6.07) is 6.67. The number of rotatable bonds is 5. The maximum Gasteiger partial charge on any atom is 0.247 e. The van der Waals surface area contributed by atoms with E-state index in [1.54, 1.807) is 17.9 Å². The summed E-state index contributed by atoms with van der Waals surface area (Å²) in [5.41, 5.74) is 1.47. The molecule has 2 aromatic rings. The Balaban J connectivity index is 1.84. The Labute approximate surface area is 139 Å². The van der Waals surface area contributed by atoms with E-state index in [1.165, 1.54) is 0 Å². The Morgan fingerprint density at radius 3 is 2.79 bits per heavy atom. The number of nitrogens with one attached hydrogen (secondary N) is 1. The number of aromatic nitrogens is 2. The Morgan fingerprint density at radius 1 is 1.33 bits per heavy atom. The predicted molar refractivity (Wildman–Crippen MR) is 87.7 cm³/mol. The zero-order chi connectivity index (χ0) is 17.3. The van der Waals surface area contributed by atoms with E-state index in [4.69, 9.17) is 4.42 Å². The molecular formula is C15H18N4O4S. The summed E-state index contributed by atoms with van der Waals surface area (Å²) in [5, 5.41) is 7.86. The van der Waals surface area contributed by atoms with Gasteiger partial charge in [-0.25, -0.2) is 13.1 Å². The quantitative estimate of drug-likeness (QED) is 0.875. The molecule has 1 fully saturated rings. The molecule has 0 bridgehead atoms. The van der Waals surface area contributed by atoms with Crippen molar-refractivity contribution in [2.45, 2.75) is 25.8 Å². The average Bonchev–Trinajstić information content (AvgIpc) is 3.14. The molecule has 0 saturated carbocycles. The number of benzene rings is 1. The van der Waals surface area contributed by atoms with Crippen LogP contribution in [-0.4, -0.2) is 37.3 Å². The summed E-state index contributed by atoms with van der Waals surface area (Å²) in [4.78, 5) is 13.6. The van der Waals surface area contributed by atoms with Gasteiger partial charge in [-0.1, -0.05) is 6.07 Å². The smallest absolute Gasteiger partial charge is 0.247 e. The van der Waals surface area contributed by atoms with E-state index in [9.17, 15) is 13.2 Å². The summed E-state index contributed by atoms with van der Waals surface area (Å²) in [6.45, 7) is 2.32. The molecule has 24 heavy (non-hydrogen) atoms. The van der Waals surface area contributed by atoms with Crippen molar-refractivity contribution in [2.24, 2.45) is 0 Å². The molecule has 1 amide bonds. The van der Waals surface area contributed by atoms with E-state index in [-0.39, 0.29) is 17.7 Å². The van der Waals surface area contributed by atoms with Gasteiger partial charge in [0.25, 0.3) is 0 Å². The molecule has 1 unspecified atom stereocenters. The van der Waals surface area contributed by atoms with E-state index in [2.05, 4.69) is 14.9 Å². The maximum absolute atomic E-state index is 11.9. The molecule has 1 saturated heterocycles. The third-order valence-corrected chi connectivity index (χ3v) is 4.46. The zero-order valence-corrected chi connectivity index (χ0v) is 14.2. The molecule has 1 N–H and O–H groups in total. The normalized spacial score (nSPS) is 16.6. The lowest BCUT2D eigenvalue weighted by Crippen LogP contribution is -2.25. The summed E-state index contributed by atoms with van der Waals surface area (Å²) in [5.74, 6) is 0.558. The van der Waals surface area contributed by atoms with Gasteiger partial charge < -0.3 is 9.32 Å². The Bertz CT molecular complexity index is 862. The largest absolute Gasteiger partial charge is 0.419 e. The summed E-state index contributed by atoms with van der Waals surface area (Å²) < 4.78 is 30.5. The van der Waals surface area contributed by atoms with Crippen LogP contribution < -0.4 is 9.62 Å². The third-order valence-electron chi connectivity index (χ3n) is 3.68. The van der Waals surface area contributed by atoms with Crippen molar-refractivity contribution in [3.63, 3.8) is 0 Å². The van der Waals surface area contributed by atoms with E-state index >= 15 is 0 Å². The maximum atomic E-state index is 11.9. The van der Waals surface area contributed by atoms with Gasteiger partial charge >= 0.3 is 0 Å². The van der Waals surface area contributed by atoms with Gasteiger partial charge in [0.15, 0.2) is 0 Å². The SMILES string of the molecule is CC(NS(C)(=O)=O)c1nnc(-c2cccc(N3CCCC3=O)c2)o1. The van der Waals surface area contributed by atoms with Crippen LogP contribution in [0.2, 0.25) is 0 Å². The van der Waals surface area contributed by atoms with Crippen molar-refractivity contribution in [3.8, 4) is 11.5 Å². The highest BCUT2D eigenvalue weighted by Crippen LogP contribution is 2.27. The van der Waals surface area contributed by atoms with Crippen molar-refractivity contribution < 1.29 is 17.6 Å². The van der Waals surface area contributed by atoms with E-state index in [0.29, 0.717) is 18.5 Å². The molecule has 0 aliphatic carbocycles. The number of anilines is 1. The summed E-state index contributed by atoms with van der Waals surface area (Å²) in [7, 11) is -3.37. The Hall–Kier alpha value is -2.26. The van der Waals surface area contributed by atoms with Gasteiger partial charge in [0.1, 0.15) is 0 Å². The number of sulfonamides is 1. The van der Waals surface area contributed by atoms with Crippen LogP contribution in [0, 0.1) is 0 Å². The lowest BCUT2D eigenvalue weighted by Gasteiger charge is -2.15. The van der Waals surface area contributed by atoms with Gasteiger partial charge in [-0.15, -0.1) is 10.2 Å². The topological polar surface area (TPSA) is 105 Å². The molecular weight excluding hydrogens is 332 g/mol. The highest BCUT2D eigenvalue weighted by Gasteiger charge is 2.23. The molecule has 2 heterocycles. The first-order chi connectivity index (χ1) is 11.3. The minimum atomic E-state index is -3.37. The van der Waals surface area contributed by atoms with E-state index in [1.807, 2.05) is 18.2 Å². The van der Waals surface area contributed by atoms with E-state index in [0.717, 1.165) is 18.4 Å². The first kappa shape index (κ1) is 16.6. The number of carbonyl (C=O) groups is 1. The molecule has 0 spiro atoms. The molecule has 1 atom stereocenters. The molecule has 8 nitrogen and oxygen atoms in total. The van der Waals surface area contributed by atoms with Gasteiger partial charge in [-0.2, -0.15) is 0 Å². The standard InChI is InChI=1S/C15H18N4O4S/c1-10(18-24(2,21)22)14-16-17-15(23-14)11-5-3-6-12(9-11)19-8-4-7-13(19)20/h3,5-6,9-10,18H,4,7-8H2,1-2H3. The first-order valence-corrected chi connectivity index (χ1v) is 9.44. The molecule has 1 aliphatic rings. The van der Waals surface area contributed by atoms with Crippen molar-refractivity contribution >= 4 is 21.6 Å². The average molecular weight is 350 g/mol. The van der Waals surface area contributed by atoms with Crippen molar-refractivity contribution in [2.75, 3.05) is 17.7 Å². The van der Waals surface area contributed by atoms with Crippen LogP contribution in [0.1, 0.15) is 31.7 Å². The number of amides is 1. The van der Waals surface area contributed by atoms with Gasteiger partial charge in [0.2, 0.25) is 27.7 Å². The van der Waals surface area contributed by atoms with Crippen LogP contribution in [0.15, 0.2) is 28.7 Å². The van der Waals surface area contributed by atoms with Gasteiger partial charge in [0.05, 0.1) is 12.3 Å². The van der Waals surface area contributed by atoms with Crippen LogP contribution in [-0.2, 0) is 14.8 Å². The van der Waals surface area contributed by atoms with E-state index < -0.39 is 16.1 Å². The third kappa shape index (κ3) is 3.62. The van der Waals surface area contributed by atoms with Crippen LogP contribution in [0.3, 0.4) is 0 Å². The molecule has 128 valence electrons. The number of carbonyl (C=O) groups excluding carboxylic acids is 1. The Morgan fingerprint density at radius 2 is 2.12 bits per heavy atom.